The first kappa shape index (κ1) is 8.82. The molecule has 0 aliphatic carbocycles. The van der Waals surface area contributed by atoms with Gasteiger partial charge in [0.2, 0.25) is 0 Å². The summed E-state index contributed by atoms with van der Waals surface area (Å²) in [6.45, 7) is 0.451. The summed E-state index contributed by atoms with van der Waals surface area (Å²) in [4.78, 5) is 0. The third-order valence-corrected chi connectivity index (χ3v) is 2.08. The molecule has 0 spiro atoms. The average Bonchev–Trinajstić information content (AvgIpc) is 2.17. The van der Waals surface area contributed by atoms with Crippen LogP contribution in [0.1, 0.15) is 6.42 Å². The molecular weight excluding hydrogens is 183 g/mol. The maximum Gasteiger partial charge on any atom is 0.142 e. The third-order valence-electron chi connectivity index (χ3n) is 2.08. The molecule has 1 aliphatic rings. The normalized spacial score (nSPS) is 18.7. The lowest BCUT2D eigenvalue weighted by Gasteiger charge is -2.25. The number of nitriles is 1. The second-order valence-electron chi connectivity index (χ2n) is 3.15. The predicted molar refractivity (Wildman–Crippen MR) is 49.5 cm³/mol. The van der Waals surface area contributed by atoms with Crippen LogP contribution in [-0.2, 0) is 0 Å². The highest BCUT2D eigenvalue weighted by Crippen LogP contribution is 2.29. The molecule has 4 heteroatoms. The Balaban J connectivity index is 2.21. The summed E-state index contributed by atoms with van der Waals surface area (Å²) in [7, 11) is 0. The number of nitrogens with zero attached hydrogens (tertiary/aromatic N) is 1. The zero-order valence-corrected chi connectivity index (χ0v) is 7.46. The molecular formula is C10H9FN2O. The minimum atomic E-state index is -0.308. The van der Waals surface area contributed by atoms with Gasteiger partial charge in [0, 0.05) is 6.07 Å². The molecule has 0 saturated heterocycles. The van der Waals surface area contributed by atoms with Crippen LogP contribution in [-0.4, -0.2) is 12.6 Å². The van der Waals surface area contributed by atoms with E-state index in [2.05, 4.69) is 5.32 Å². The number of ether oxygens (including phenoxy) is 1. The van der Waals surface area contributed by atoms with Gasteiger partial charge in [-0.15, -0.1) is 0 Å². The van der Waals surface area contributed by atoms with Gasteiger partial charge in [-0.2, -0.15) is 5.26 Å². The van der Waals surface area contributed by atoms with E-state index >= 15 is 0 Å². The van der Waals surface area contributed by atoms with Crippen LogP contribution in [0.4, 0.5) is 10.1 Å². The van der Waals surface area contributed by atoms with E-state index in [1.807, 2.05) is 6.07 Å². The van der Waals surface area contributed by atoms with E-state index < -0.39 is 0 Å². The lowest BCUT2D eigenvalue weighted by Crippen LogP contribution is -2.30. The Kier molecular flexibility index (Phi) is 2.23. The van der Waals surface area contributed by atoms with Gasteiger partial charge in [0.25, 0.3) is 0 Å². The number of anilines is 1. The Morgan fingerprint density at radius 2 is 2.50 bits per heavy atom. The highest BCUT2D eigenvalue weighted by atomic mass is 19.1. The summed E-state index contributed by atoms with van der Waals surface area (Å²) in [5.41, 5.74) is 0.622. The lowest BCUT2D eigenvalue weighted by atomic mass is 10.1. The van der Waals surface area contributed by atoms with Gasteiger partial charge in [0.15, 0.2) is 0 Å². The van der Waals surface area contributed by atoms with Gasteiger partial charge in [-0.05, 0) is 12.1 Å². The first-order chi connectivity index (χ1) is 6.79. The number of rotatable bonds is 1. The summed E-state index contributed by atoms with van der Waals surface area (Å²) in [5.74, 6) is 0.332. The van der Waals surface area contributed by atoms with Crippen LogP contribution in [0.3, 0.4) is 0 Å². The Bertz CT molecular complexity index is 386. The molecule has 2 rings (SSSR count). The topological polar surface area (TPSA) is 45.0 Å². The summed E-state index contributed by atoms with van der Waals surface area (Å²) >= 11 is 0. The fourth-order valence-electron chi connectivity index (χ4n) is 1.41. The zero-order chi connectivity index (χ0) is 9.97. The largest absolute Gasteiger partial charge is 0.489 e. The van der Waals surface area contributed by atoms with Crippen molar-refractivity contribution in [3.8, 4) is 11.8 Å². The third kappa shape index (κ3) is 1.62. The first-order valence-electron chi connectivity index (χ1n) is 4.35. The van der Waals surface area contributed by atoms with Crippen molar-refractivity contribution < 1.29 is 9.13 Å². The monoisotopic (exact) mass is 192 g/mol. The van der Waals surface area contributed by atoms with Gasteiger partial charge in [-0.25, -0.2) is 4.39 Å². The molecule has 0 amide bonds. The molecule has 0 saturated carbocycles. The molecule has 1 aliphatic heterocycles. The maximum absolute atomic E-state index is 12.8. The molecule has 14 heavy (non-hydrogen) atoms. The van der Waals surface area contributed by atoms with E-state index in [1.165, 1.54) is 12.1 Å². The maximum atomic E-state index is 12.8. The number of hydrogen-bond donors (Lipinski definition) is 1. The SMILES string of the molecule is N#CCC1COc2ccc(F)cc2N1. The van der Waals surface area contributed by atoms with Crippen molar-refractivity contribution in [3.63, 3.8) is 0 Å². The van der Waals surface area contributed by atoms with Gasteiger partial charge < -0.3 is 10.1 Å². The van der Waals surface area contributed by atoms with Gasteiger partial charge in [-0.1, -0.05) is 0 Å². The van der Waals surface area contributed by atoms with E-state index in [9.17, 15) is 4.39 Å². The fraction of sp³-hybridized carbons (Fsp3) is 0.300. The molecule has 72 valence electrons. The first-order valence-corrected chi connectivity index (χ1v) is 4.35. The molecule has 0 aromatic heterocycles. The molecule has 1 heterocycles. The summed E-state index contributed by atoms with van der Waals surface area (Å²) < 4.78 is 18.2. The molecule has 0 bridgehead atoms. The minimum Gasteiger partial charge on any atom is -0.489 e. The Morgan fingerprint density at radius 3 is 3.29 bits per heavy atom. The van der Waals surface area contributed by atoms with E-state index in [4.69, 9.17) is 10.00 Å². The van der Waals surface area contributed by atoms with E-state index in [0.29, 0.717) is 24.5 Å². The second kappa shape index (κ2) is 3.54. The van der Waals surface area contributed by atoms with Crippen molar-refractivity contribution in [1.82, 2.24) is 0 Å². The molecule has 1 aromatic carbocycles. The highest BCUT2D eigenvalue weighted by Gasteiger charge is 2.18. The second-order valence-corrected chi connectivity index (χ2v) is 3.15. The molecule has 1 aromatic rings. The fourth-order valence-corrected chi connectivity index (χ4v) is 1.41. The molecule has 3 nitrogen and oxygen atoms in total. The minimum absolute atomic E-state index is 0.0469. The van der Waals surface area contributed by atoms with Gasteiger partial charge in [0.05, 0.1) is 24.2 Å². The molecule has 0 fully saturated rings. The van der Waals surface area contributed by atoms with Crippen LogP contribution in [0.5, 0.6) is 5.75 Å². The van der Waals surface area contributed by atoms with Gasteiger partial charge in [-0.3, -0.25) is 0 Å². The quantitative estimate of drug-likeness (QED) is 0.739. The average molecular weight is 192 g/mol. The number of fused-ring (bicyclic) bond motifs is 1. The van der Waals surface area contributed by atoms with E-state index in [-0.39, 0.29) is 11.9 Å². The highest BCUT2D eigenvalue weighted by molar-refractivity contribution is 5.58. The van der Waals surface area contributed by atoms with Crippen LogP contribution in [0.25, 0.3) is 0 Å². The number of nitrogens with one attached hydrogen (secondary N) is 1. The molecule has 1 atom stereocenters. The van der Waals surface area contributed by atoms with E-state index in [1.54, 1.807) is 6.07 Å². The van der Waals surface area contributed by atoms with Crippen molar-refractivity contribution in [3.05, 3.63) is 24.0 Å². The number of hydrogen-bond acceptors (Lipinski definition) is 3. The van der Waals surface area contributed by atoms with Crippen LogP contribution < -0.4 is 10.1 Å². The van der Waals surface area contributed by atoms with Crippen molar-refractivity contribution >= 4 is 5.69 Å². The summed E-state index contributed by atoms with van der Waals surface area (Å²) in [6.07, 6.45) is 0.357. The Labute approximate surface area is 81.1 Å². The van der Waals surface area contributed by atoms with Crippen LogP contribution in [0.15, 0.2) is 18.2 Å². The van der Waals surface area contributed by atoms with Crippen LogP contribution in [0, 0.1) is 17.1 Å². The molecule has 1 unspecified atom stereocenters. The van der Waals surface area contributed by atoms with Crippen molar-refractivity contribution in [2.24, 2.45) is 0 Å². The van der Waals surface area contributed by atoms with Gasteiger partial charge >= 0.3 is 0 Å². The smallest absolute Gasteiger partial charge is 0.142 e. The number of benzene rings is 1. The summed E-state index contributed by atoms with van der Waals surface area (Å²) in [6, 6.07) is 6.31. The standard InChI is InChI=1S/C10H9FN2O/c11-7-1-2-10-9(5-7)13-8(3-4-12)6-14-10/h1-2,5,8,13H,3,6H2. The predicted octanol–water partition coefficient (Wildman–Crippen LogP) is 1.91. The van der Waals surface area contributed by atoms with Crippen molar-refractivity contribution in [2.75, 3.05) is 11.9 Å². The Hall–Kier alpha value is -1.76. The molecule has 0 radical (unpaired) electrons. The van der Waals surface area contributed by atoms with Crippen molar-refractivity contribution in [1.29, 1.82) is 5.26 Å². The number of halogens is 1. The van der Waals surface area contributed by atoms with Crippen LogP contribution >= 0.6 is 0 Å². The van der Waals surface area contributed by atoms with Crippen molar-refractivity contribution in [2.45, 2.75) is 12.5 Å². The van der Waals surface area contributed by atoms with E-state index in [0.717, 1.165) is 0 Å². The van der Waals surface area contributed by atoms with Gasteiger partial charge in [0.1, 0.15) is 18.2 Å². The van der Waals surface area contributed by atoms with Crippen LogP contribution in [0.2, 0.25) is 0 Å². The Morgan fingerprint density at radius 1 is 1.64 bits per heavy atom. The molecule has 1 N–H and O–H groups in total. The zero-order valence-electron chi connectivity index (χ0n) is 7.46. The lowest BCUT2D eigenvalue weighted by molar-refractivity contribution is 0.285. The summed E-state index contributed by atoms with van der Waals surface area (Å²) in [5, 5.41) is 11.6.